The number of hydrogen-bond acceptors (Lipinski definition) is 5. The minimum absolute atomic E-state index is 0.0710. The van der Waals surface area contributed by atoms with Crippen LogP contribution in [-0.4, -0.2) is 31.8 Å². The molecule has 0 saturated heterocycles. The van der Waals surface area contributed by atoms with Gasteiger partial charge in [-0.1, -0.05) is 51.5 Å². The number of alkyl halides is 3. The van der Waals surface area contributed by atoms with E-state index in [4.69, 9.17) is 9.47 Å². The average Bonchev–Trinajstić information content (AvgIpc) is 2.82. The number of rotatable bonds is 11. The summed E-state index contributed by atoms with van der Waals surface area (Å²) in [6.07, 6.45) is -4.55. The Morgan fingerprint density at radius 3 is 1.89 bits per heavy atom. The van der Waals surface area contributed by atoms with Gasteiger partial charge >= 0.3 is 18.5 Å². The Hall–Kier alpha value is -3.69. The topological polar surface area (TPSA) is 85.9 Å². The van der Waals surface area contributed by atoms with Gasteiger partial charge in [0.2, 0.25) is 0 Å². The van der Waals surface area contributed by atoms with E-state index in [0.717, 1.165) is 29.7 Å². The number of halogens is 3. The van der Waals surface area contributed by atoms with E-state index in [0.29, 0.717) is 24.6 Å². The maximum Gasteiger partial charge on any atom is 0.573 e. The smallest absolute Gasteiger partial charge is 0.449 e. The van der Waals surface area contributed by atoms with Crippen molar-refractivity contribution in [1.29, 1.82) is 0 Å². The van der Waals surface area contributed by atoms with Crippen molar-refractivity contribution in [1.82, 2.24) is 0 Å². The van der Waals surface area contributed by atoms with Crippen molar-refractivity contribution in [3.63, 3.8) is 0 Å². The highest BCUT2D eigenvalue weighted by Gasteiger charge is 2.31. The highest BCUT2D eigenvalue weighted by atomic mass is 19.4. The van der Waals surface area contributed by atoms with Gasteiger partial charge in [-0.15, -0.1) is 13.2 Å². The predicted molar refractivity (Wildman–Crippen MR) is 131 cm³/mol. The van der Waals surface area contributed by atoms with Crippen molar-refractivity contribution >= 4 is 23.6 Å². The Bertz CT molecular complexity index is 1010. The Morgan fingerprint density at radius 2 is 1.39 bits per heavy atom. The van der Waals surface area contributed by atoms with Crippen LogP contribution in [0.5, 0.6) is 5.75 Å². The fraction of sp³-hybridized carbons (Fsp3) is 0.385. The van der Waals surface area contributed by atoms with Gasteiger partial charge < -0.3 is 14.2 Å². The van der Waals surface area contributed by atoms with E-state index in [1.54, 1.807) is 12.1 Å². The zero-order valence-corrected chi connectivity index (χ0v) is 20.5. The van der Waals surface area contributed by atoms with Gasteiger partial charge in [-0.2, -0.15) is 0 Å². The van der Waals surface area contributed by atoms with E-state index in [1.807, 2.05) is 32.9 Å². The highest BCUT2D eigenvalue weighted by Crippen LogP contribution is 2.24. The van der Waals surface area contributed by atoms with Gasteiger partial charge in [0.15, 0.2) is 0 Å². The number of nitrogens with one attached hydrogen (secondary N) is 2. The quantitative estimate of drug-likeness (QED) is 0.315. The van der Waals surface area contributed by atoms with Gasteiger partial charge in [0, 0.05) is 17.3 Å². The van der Waals surface area contributed by atoms with Crippen molar-refractivity contribution in [3.8, 4) is 5.75 Å². The van der Waals surface area contributed by atoms with Gasteiger partial charge in [0.05, 0.1) is 13.2 Å². The summed E-state index contributed by atoms with van der Waals surface area (Å²) in [7, 11) is 0. The zero-order chi connectivity index (χ0) is 26.7. The summed E-state index contributed by atoms with van der Waals surface area (Å²) < 4.78 is 50.8. The van der Waals surface area contributed by atoms with E-state index in [-0.39, 0.29) is 18.2 Å². The lowest BCUT2D eigenvalue weighted by Gasteiger charge is -2.16. The summed E-state index contributed by atoms with van der Waals surface area (Å²) in [5, 5.41) is 5.13. The number of hydrogen-bond donors (Lipinski definition) is 2. The van der Waals surface area contributed by atoms with Crippen LogP contribution < -0.4 is 15.4 Å². The molecule has 7 nitrogen and oxygen atoms in total. The van der Waals surface area contributed by atoms with Gasteiger partial charge in [-0.25, -0.2) is 9.59 Å². The van der Waals surface area contributed by atoms with Crippen LogP contribution >= 0.6 is 0 Å². The monoisotopic (exact) mass is 508 g/mol. The molecule has 2 amide bonds. The summed E-state index contributed by atoms with van der Waals surface area (Å²) in [5.74, 6) is -0.238. The maximum atomic E-state index is 12.2. The molecule has 0 saturated carbocycles. The number of ether oxygens (including phenoxy) is 3. The molecule has 0 bridgehead atoms. The van der Waals surface area contributed by atoms with E-state index < -0.39 is 24.3 Å². The van der Waals surface area contributed by atoms with Gasteiger partial charge in [0.25, 0.3) is 0 Å². The summed E-state index contributed by atoms with van der Waals surface area (Å²) in [6.45, 7) is 10.4. The largest absolute Gasteiger partial charge is 0.573 e. The fourth-order valence-corrected chi connectivity index (χ4v) is 2.84. The second kappa shape index (κ2) is 13.4. The van der Waals surface area contributed by atoms with E-state index in [9.17, 15) is 22.8 Å². The number of benzene rings is 2. The van der Waals surface area contributed by atoms with Crippen LogP contribution in [-0.2, 0) is 15.9 Å². The number of carbonyl (C=O) groups is 2. The Labute approximate surface area is 208 Å². The van der Waals surface area contributed by atoms with Crippen LogP contribution in [0.1, 0.15) is 32.8 Å². The molecular formula is C26H31F3N2O5. The van der Waals surface area contributed by atoms with Crippen molar-refractivity contribution in [3.05, 3.63) is 66.2 Å². The normalized spacial score (nSPS) is 12.7. The third-order valence-corrected chi connectivity index (χ3v) is 5.32. The lowest BCUT2D eigenvalue weighted by molar-refractivity contribution is -0.274. The van der Waals surface area contributed by atoms with Gasteiger partial charge in [-0.3, -0.25) is 10.6 Å². The standard InChI is InChI=1S/C26H31F3N2O5/c1-5-17(2)15-34-24(32)30-21-8-6-20(7-9-21)14-18(3)19(4)16-35-25(33)31-22-10-12-23(13-11-22)36-26(27,28)29/h6-13,17,19H,3,5,14-16H2,1-2,4H3,(H,30,32)(H,31,33)/t17-,19+/m1/s1. The van der Waals surface area contributed by atoms with Crippen LogP contribution in [0.2, 0.25) is 0 Å². The summed E-state index contributed by atoms with van der Waals surface area (Å²) in [6, 6.07) is 12.0. The zero-order valence-electron chi connectivity index (χ0n) is 20.5. The second-order valence-corrected chi connectivity index (χ2v) is 8.47. The molecule has 0 aliphatic heterocycles. The summed E-state index contributed by atoms with van der Waals surface area (Å²) in [4.78, 5) is 23.9. The first-order valence-corrected chi connectivity index (χ1v) is 11.4. The van der Waals surface area contributed by atoms with Gasteiger partial charge in [0.1, 0.15) is 5.75 Å². The molecule has 2 atom stereocenters. The third-order valence-electron chi connectivity index (χ3n) is 5.32. The molecule has 2 aromatic rings. The first kappa shape index (κ1) is 28.5. The average molecular weight is 509 g/mol. The lowest BCUT2D eigenvalue weighted by atomic mass is 9.96. The maximum absolute atomic E-state index is 12.2. The Balaban J connectivity index is 1.74. The second-order valence-electron chi connectivity index (χ2n) is 8.47. The molecule has 0 radical (unpaired) electrons. The molecule has 2 rings (SSSR count). The first-order chi connectivity index (χ1) is 16.9. The molecule has 196 valence electrons. The first-order valence-electron chi connectivity index (χ1n) is 11.4. The molecular weight excluding hydrogens is 477 g/mol. The predicted octanol–water partition coefficient (Wildman–Crippen LogP) is 7.16. The molecule has 0 fully saturated rings. The molecule has 0 heterocycles. The number of carbonyl (C=O) groups excluding carboxylic acids is 2. The van der Waals surface area contributed by atoms with E-state index in [2.05, 4.69) is 21.9 Å². The summed E-state index contributed by atoms with van der Waals surface area (Å²) >= 11 is 0. The van der Waals surface area contributed by atoms with E-state index in [1.165, 1.54) is 12.1 Å². The third kappa shape index (κ3) is 10.7. The number of anilines is 2. The van der Waals surface area contributed by atoms with Crippen molar-refractivity contribution in [2.45, 2.75) is 40.0 Å². The van der Waals surface area contributed by atoms with E-state index >= 15 is 0 Å². The van der Waals surface area contributed by atoms with Crippen LogP contribution in [0, 0.1) is 11.8 Å². The lowest BCUT2D eigenvalue weighted by Crippen LogP contribution is -2.19. The minimum atomic E-state index is -4.79. The molecule has 0 aliphatic carbocycles. The van der Waals surface area contributed by atoms with Crippen LogP contribution in [0.15, 0.2) is 60.7 Å². The molecule has 2 N–H and O–H groups in total. The molecule has 0 aliphatic rings. The highest BCUT2D eigenvalue weighted by molar-refractivity contribution is 5.85. The Morgan fingerprint density at radius 1 is 0.889 bits per heavy atom. The van der Waals surface area contributed by atoms with Crippen molar-refractivity contribution < 1.29 is 37.0 Å². The van der Waals surface area contributed by atoms with Crippen LogP contribution in [0.4, 0.5) is 34.1 Å². The van der Waals surface area contributed by atoms with Gasteiger partial charge in [-0.05, 0) is 54.3 Å². The molecule has 0 spiro atoms. The molecule has 10 heteroatoms. The Kier molecular flexibility index (Phi) is 10.6. The molecule has 2 aromatic carbocycles. The molecule has 0 aromatic heterocycles. The fourth-order valence-electron chi connectivity index (χ4n) is 2.84. The molecule has 0 unspecified atom stereocenters. The number of amides is 2. The minimum Gasteiger partial charge on any atom is -0.449 e. The SMILES string of the molecule is C=C(Cc1ccc(NC(=O)OC[C@H](C)CC)cc1)[C@@H](C)COC(=O)Nc1ccc(OC(F)(F)F)cc1. The van der Waals surface area contributed by atoms with Crippen LogP contribution in [0.25, 0.3) is 0 Å². The van der Waals surface area contributed by atoms with Crippen LogP contribution in [0.3, 0.4) is 0 Å². The summed E-state index contributed by atoms with van der Waals surface area (Å²) in [5.41, 5.74) is 2.68. The molecule has 36 heavy (non-hydrogen) atoms. The van der Waals surface area contributed by atoms with Crippen molar-refractivity contribution in [2.75, 3.05) is 23.8 Å². The van der Waals surface area contributed by atoms with Crippen molar-refractivity contribution in [2.24, 2.45) is 11.8 Å².